The number of para-hydroxylation sites is 2. The molecule has 18 heavy (non-hydrogen) atoms. The third kappa shape index (κ3) is 2.64. The van der Waals surface area contributed by atoms with E-state index in [1.807, 2.05) is 0 Å². The summed E-state index contributed by atoms with van der Waals surface area (Å²) in [7, 11) is 0. The Bertz CT molecular complexity index is 643. The van der Waals surface area contributed by atoms with Crippen LogP contribution in [0.4, 0.5) is 0 Å². The van der Waals surface area contributed by atoms with E-state index >= 15 is 0 Å². The first kappa shape index (κ1) is 15.7. The Hall–Kier alpha value is -0.360. The predicted octanol–water partition coefficient (Wildman–Crippen LogP) is -5.06. The molecule has 1 heterocycles. The van der Waals surface area contributed by atoms with E-state index in [1.54, 1.807) is 24.3 Å². The van der Waals surface area contributed by atoms with Gasteiger partial charge in [-0.1, -0.05) is 35.8 Å². The second-order valence-electron chi connectivity index (χ2n) is 3.47. The van der Waals surface area contributed by atoms with Gasteiger partial charge in [-0.25, -0.2) is 9.97 Å². The molecule has 0 amide bonds. The molecular weight excluding hydrogens is 250 g/mol. The van der Waals surface area contributed by atoms with E-state index in [0.717, 1.165) is 0 Å². The van der Waals surface area contributed by atoms with Gasteiger partial charge in [-0.2, -0.15) is 0 Å². The molecule has 78 valence electrons. The van der Waals surface area contributed by atoms with Gasteiger partial charge in [-0.05, 0) is 12.1 Å². The topological polar surface area (TPSA) is 71.9 Å². The van der Waals surface area contributed by atoms with Crippen molar-refractivity contribution >= 4 is 22.1 Å². The number of hydrogen-bond acceptors (Lipinski definition) is 4. The van der Waals surface area contributed by atoms with E-state index in [1.165, 1.54) is 12.1 Å². The van der Waals surface area contributed by atoms with E-state index in [9.17, 15) is 10.2 Å². The van der Waals surface area contributed by atoms with E-state index < -0.39 is 0 Å². The third-order valence-electron chi connectivity index (χ3n) is 2.42. The zero-order chi connectivity index (χ0) is 11.1. The van der Waals surface area contributed by atoms with Crippen LogP contribution in [0.5, 0.6) is 11.5 Å². The minimum Gasteiger partial charge on any atom is -0.871 e. The molecule has 0 saturated carbocycles. The molecule has 0 fully saturated rings. The Morgan fingerprint density at radius 2 is 1.06 bits per heavy atom. The molecule has 2 aromatic carbocycles. The summed E-state index contributed by atoms with van der Waals surface area (Å²) in [4.78, 5) is 8.33. The number of fused-ring (bicyclic) bond motifs is 2. The second kappa shape index (κ2) is 6.19. The van der Waals surface area contributed by atoms with Gasteiger partial charge in [0, 0.05) is 0 Å². The minimum absolute atomic E-state index is 0. The summed E-state index contributed by atoms with van der Waals surface area (Å²) in [5.74, 6) is -0.355. The Kier molecular flexibility index (Phi) is 5.40. The Labute approximate surface area is 148 Å². The van der Waals surface area contributed by atoms with Gasteiger partial charge in [-0.15, -0.1) is 0 Å². The van der Waals surface area contributed by atoms with Gasteiger partial charge >= 0.3 is 59.1 Å². The van der Waals surface area contributed by atoms with E-state index in [0.29, 0.717) is 22.1 Å². The molecule has 4 nitrogen and oxygen atoms in total. The van der Waals surface area contributed by atoms with Crippen molar-refractivity contribution in [2.24, 2.45) is 0 Å². The molecule has 0 aliphatic rings. The second-order valence-corrected chi connectivity index (χ2v) is 3.47. The van der Waals surface area contributed by atoms with Crippen LogP contribution >= 0.6 is 0 Å². The molecule has 0 N–H and O–H groups in total. The molecule has 3 aromatic rings. The van der Waals surface area contributed by atoms with Crippen molar-refractivity contribution in [1.82, 2.24) is 9.97 Å². The average molecular weight is 256 g/mol. The Morgan fingerprint density at radius 3 is 1.44 bits per heavy atom. The zero-order valence-corrected chi connectivity index (χ0v) is 14.2. The minimum atomic E-state index is -0.178. The van der Waals surface area contributed by atoms with E-state index in [2.05, 4.69) is 9.97 Å². The first-order valence-corrected chi connectivity index (χ1v) is 4.79. The molecule has 3 rings (SSSR count). The van der Waals surface area contributed by atoms with Crippen molar-refractivity contribution in [2.45, 2.75) is 0 Å². The molecule has 0 unspecified atom stereocenters. The maximum absolute atomic E-state index is 11.5. The van der Waals surface area contributed by atoms with E-state index in [4.69, 9.17) is 0 Å². The van der Waals surface area contributed by atoms with Crippen molar-refractivity contribution < 1.29 is 69.3 Å². The van der Waals surface area contributed by atoms with Gasteiger partial charge in [0.05, 0.1) is 22.1 Å². The largest absolute Gasteiger partial charge is 1.00 e. The van der Waals surface area contributed by atoms with Crippen LogP contribution in [0, 0.1) is 0 Å². The summed E-state index contributed by atoms with van der Waals surface area (Å²) < 4.78 is 0. The smallest absolute Gasteiger partial charge is 0.871 e. The number of nitrogens with zero attached hydrogens (tertiary/aromatic N) is 2. The van der Waals surface area contributed by atoms with Gasteiger partial charge < -0.3 is 10.2 Å². The molecule has 1 aromatic heterocycles. The molecule has 0 aliphatic heterocycles. The van der Waals surface area contributed by atoms with Crippen LogP contribution in [0.3, 0.4) is 0 Å². The molecule has 6 heteroatoms. The molecule has 0 atom stereocenters. The quantitative estimate of drug-likeness (QED) is 0.298. The van der Waals surface area contributed by atoms with Crippen molar-refractivity contribution in [3.8, 4) is 11.5 Å². The molecule has 0 radical (unpaired) electrons. The fourth-order valence-corrected chi connectivity index (χ4v) is 1.67. The summed E-state index contributed by atoms with van der Waals surface area (Å²) in [6, 6.07) is 9.44. The standard InChI is InChI=1S/C12H8N2O2.2Na/c15-9-5-1-3-7-11(9)14-8-4-2-6-10(16)12(8)13-7;;/h1-6,15-16H;;/q;2*+1/p-2. The monoisotopic (exact) mass is 256 g/mol. The van der Waals surface area contributed by atoms with Crippen LogP contribution in [0.2, 0.25) is 0 Å². The van der Waals surface area contributed by atoms with Gasteiger partial charge in [0.1, 0.15) is 0 Å². The number of rotatable bonds is 0. The average Bonchev–Trinajstić information content (AvgIpc) is 2.29. The van der Waals surface area contributed by atoms with Gasteiger partial charge in [0.15, 0.2) is 0 Å². The van der Waals surface area contributed by atoms with Crippen LogP contribution < -0.4 is 69.3 Å². The first-order chi connectivity index (χ1) is 7.75. The van der Waals surface area contributed by atoms with Crippen molar-refractivity contribution in [1.29, 1.82) is 0 Å². The fraction of sp³-hybridized carbons (Fsp3) is 0. The maximum Gasteiger partial charge on any atom is 1.00 e. The predicted molar refractivity (Wildman–Crippen MR) is 55.9 cm³/mol. The zero-order valence-electron chi connectivity index (χ0n) is 10.2. The van der Waals surface area contributed by atoms with Gasteiger partial charge in [-0.3, -0.25) is 0 Å². The summed E-state index contributed by atoms with van der Waals surface area (Å²) >= 11 is 0. The van der Waals surface area contributed by atoms with Gasteiger partial charge in [0.25, 0.3) is 0 Å². The summed E-state index contributed by atoms with van der Waals surface area (Å²) in [6.45, 7) is 0. The van der Waals surface area contributed by atoms with Crippen LogP contribution in [0.15, 0.2) is 36.4 Å². The third-order valence-corrected chi connectivity index (χ3v) is 2.42. The van der Waals surface area contributed by atoms with Crippen LogP contribution in [-0.2, 0) is 0 Å². The molecule has 0 bridgehead atoms. The summed E-state index contributed by atoms with van der Waals surface area (Å²) in [6.07, 6.45) is 0. The van der Waals surface area contributed by atoms with Crippen LogP contribution in [0.1, 0.15) is 0 Å². The Morgan fingerprint density at radius 1 is 0.667 bits per heavy atom. The molecule has 0 saturated heterocycles. The molecule has 0 aliphatic carbocycles. The Balaban J connectivity index is 0.000000810. The normalized spacial score (nSPS) is 9.78. The summed E-state index contributed by atoms with van der Waals surface area (Å²) in [5, 5.41) is 23.1. The van der Waals surface area contributed by atoms with Gasteiger partial charge in [0.2, 0.25) is 0 Å². The van der Waals surface area contributed by atoms with E-state index in [-0.39, 0.29) is 70.6 Å². The number of benzene rings is 2. The fourth-order valence-electron chi connectivity index (χ4n) is 1.67. The number of aromatic nitrogens is 2. The van der Waals surface area contributed by atoms with Crippen molar-refractivity contribution in [3.05, 3.63) is 36.4 Å². The number of hydrogen-bond donors (Lipinski definition) is 0. The van der Waals surface area contributed by atoms with Crippen molar-refractivity contribution in [3.63, 3.8) is 0 Å². The van der Waals surface area contributed by atoms with Crippen LogP contribution in [-0.4, -0.2) is 9.97 Å². The van der Waals surface area contributed by atoms with Crippen LogP contribution in [0.25, 0.3) is 22.1 Å². The first-order valence-electron chi connectivity index (χ1n) is 4.79. The van der Waals surface area contributed by atoms with Crippen molar-refractivity contribution in [2.75, 3.05) is 0 Å². The molecule has 0 spiro atoms. The molecular formula is C12H6N2Na2O2. The SMILES string of the molecule is [Na+].[Na+].[O-]c1cccc2nc3c([O-])cccc3nc12. The maximum atomic E-state index is 11.5. The summed E-state index contributed by atoms with van der Waals surface area (Å²) in [5.41, 5.74) is 1.54.